The summed E-state index contributed by atoms with van der Waals surface area (Å²) in [5.74, 6) is 1.06. The Morgan fingerprint density at radius 3 is 2.75 bits per heavy atom. The molecule has 1 rings (SSSR count). The Morgan fingerprint density at radius 2 is 2.12 bits per heavy atom. The van der Waals surface area contributed by atoms with Crippen molar-refractivity contribution in [2.24, 2.45) is 4.99 Å². The molecule has 0 fully saturated rings. The number of guanidine groups is 1. The lowest BCUT2D eigenvalue weighted by molar-refractivity contribution is -0.152. The van der Waals surface area contributed by atoms with E-state index < -0.39 is 5.60 Å². The summed E-state index contributed by atoms with van der Waals surface area (Å²) in [5, 5.41) is 6.25. The molecule has 1 heterocycles. The number of carbonyl (C=O) groups is 1. The molecule has 0 saturated heterocycles. The summed E-state index contributed by atoms with van der Waals surface area (Å²) < 4.78 is 15.9. The molecular weight excluding hydrogens is 310 g/mol. The topological polar surface area (TPSA) is 85.1 Å². The molecule has 136 valence electrons. The number of esters is 1. The van der Waals surface area contributed by atoms with Crippen LogP contribution < -0.4 is 10.6 Å². The zero-order valence-corrected chi connectivity index (χ0v) is 15.1. The lowest BCUT2D eigenvalue weighted by Gasteiger charge is -2.19. The van der Waals surface area contributed by atoms with Crippen molar-refractivity contribution < 1.29 is 18.7 Å². The van der Waals surface area contributed by atoms with Crippen LogP contribution in [0.3, 0.4) is 0 Å². The van der Waals surface area contributed by atoms with Crippen molar-refractivity contribution >= 4 is 11.9 Å². The molecule has 0 radical (unpaired) electrons. The molecule has 0 aliphatic rings. The molecule has 24 heavy (non-hydrogen) atoms. The Bertz CT molecular complexity index is 492. The standard InChI is InChI=1S/C17H29N3O4/c1-5-18-16(20-12-15(21)24-17(2,3)4)19-9-7-10-22-13-14-8-6-11-23-14/h6,8,11H,5,7,9-10,12-13H2,1-4H3,(H2,18,19,20). The van der Waals surface area contributed by atoms with Crippen LogP contribution in [0.1, 0.15) is 39.9 Å². The SMILES string of the molecule is CCNC(=NCC(=O)OC(C)(C)C)NCCCOCc1ccco1. The molecule has 2 N–H and O–H groups in total. The summed E-state index contributed by atoms with van der Waals surface area (Å²) >= 11 is 0. The van der Waals surface area contributed by atoms with E-state index in [0.717, 1.165) is 18.7 Å². The van der Waals surface area contributed by atoms with E-state index >= 15 is 0 Å². The maximum absolute atomic E-state index is 11.7. The fourth-order valence-electron chi connectivity index (χ4n) is 1.81. The van der Waals surface area contributed by atoms with Crippen molar-refractivity contribution in [3.8, 4) is 0 Å². The molecule has 1 aromatic heterocycles. The van der Waals surface area contributed by atoms with Crippen molar-refractivity contribution in [1.29, 1.82) is 0 Å². The summed E-state index contributed by atoms with van der Waals surface area (Å²) in [5.41, 5.74) is -0.496. The van der Waals surface area contributed by atoms with Gasteiger partial charge in [0.05, 0.1) is 6.26 Å². The van der Waals surface area contributed by atoms with Crippen molar-refractivity contribution in [2.45, 2.75) is 46.3 Å². The monoisotopic (exact) mass is 339 g/mol. The van der Waals surface area contributed by atoms with Crippen molar-refractivity contribution in [1.82, 2.24) is 10.6 Å². The van der Waals surface area contributed by atoms with E-state index in [1.54, 1.807) is 6.26 Å². The van der Waals surface area contributed by atoms with Gasteiger partial charge in [0.25, 0.3) is 0 Å². The van der Waals surface area contributed by atoms with Gasteiger partial charge < -0.3 is 24.5 Å². The Labute approximate surface area is 143 Å². The van der Waals surface area contributed by atoms with Gasteiger partial charge in [-0.25, -0.2) is 4.99 Å². The summed E-state index contributed by atoms with van der Waals surface area (Å²) in [6.07, 6.45) is 2.45. The molecule has 1 aromatic rings. The van der Waals surface area contributed by atoms with Gasteiger partial charge in [0.2, 0.25) is 0 Å². The fraction of sp³-hybridized carbons (Fsp3) is 0.647. The van der Waals surface area contributed by atoms with E-state index in [1.165, 1.54) is 0 Å². The van der Waals surface area contributed by atoms with Crippen LogP contribution in [0.4, 0.5) is 0 Å². The van der Waals surface area contributed by atoms with Gasteiger partial charge in [-0.1, -0.05) is 0 Å². The van der Waals surface area contributed by atoms with E-state index in [4.69, 9.17) is 13.9 Å². The molecule has 0 atom stereocenters. The van der Waals surface area contributed by atoms with Crippen LogP contribution in [0, 0.1) is 0 Å². The Kier molecular flexibility index (Phi) is 8.93. The second kappa shape index (κ2) is 10.7. The third-order valence-corrected chi connectivity index (χ3v) is 2.71. The molecule has 0 aliphatic carbocycles. The first-order valence-electron chi connectivity index (χ1n) is 8.25. The highest BCUT2D eigenvalue weighted by molar-refractivity contribution is 5.83. The predicted molar refractivity (Wildman–Crippen MR) is 92.8 cm³/mol. The molecule has 0 saturated carbocycles. The van der Waals surface area contributed by atoms with Gasteiger partial charge in [-0.15, -0.1) is 0 Å². The molecule has 0 aliphatic heterocycles. The third kappa shape index (κ3) is 9.89. The fourth-order valence-corrected chi connectivity index (χ4v) is 1.81. The summed E-state index contributed by atoms with van der Waals surface area (Å²) in [4.78, 5) is 15.9. The number of ether oxygens (including phenoxy) is 2. The highest BCUT2D eigenvalue weighted by atomic mass is 16.6. The van der Waals surface area contributed by atoms with Gasteiger partial charge in [0.1, 0.15) is 24.5 Å². The van der Waals surface area contributed by atoms with Gasteiger partial charge in [-0.3, -0.25) is 4.79 Å². The zero-order valence-electron chi connectivity index (χ0n) is 15.1. The van der Waals surface area contributed by atoms with Crippen molar-refractivity contribution in [3.63, 3.8) is 0 Å². The minimum Gasteiger partial charge on any atom is -0.467 e. The molecule has 7 heteroatoms. The second-order valence-corrected chi connectivity index (χ2v) is 6.19. The smallest absolute Gasteiger partial charge is 0.328 e. The van der Waals surface area contributed by atoms with Crippen LogP contribution in [0.15, 0.2) is 27.8 Å². The van der Waals surface area contributed by atoms with E-state index in [-0.39, 0.29) is 12.5 Å². The van der Waals surface area contributed by atoms with Gasteiger partial charge in [-0.2, -0.15) is 0 Å². The second-order valence-electron chi connectivity index (χ2n) is 6.19. The van der Waals surface area contributed by atoms with Crippen LogP contribution in [0.25, 0.3) is 0 Å². The number of carbonyl (C=O) groups excluding carboxylic acids is 1. The summed E-state index contributed by atoms with van der Waals surface area (Å²) in [6.45, 7) is 9.95. The van der Waals surface area contributed by atoms with Crippen LogP contribution in [0.2, 0.25) is 0 Å². The lowest BCUT2D eigenvalue weighted by Crippen LogP contribution is -2.38. The first kappa shape index (κ1) is 20.0. The number of rotatable bonds is 9. The van der Waals surface area contributed by atoms with Gasteiger partial charge in [0.15, 0.2) is 5.96 Å². The molecule has 0 aromatic carbocycles. The maximum atomic E-state index is 11.7. The molecule has 0 amide bonds. The highest BCUT2D eigenvalue weighted by Crippen LogP contribution is 2.06. The van der Waals surface area contributed by atoms with Crippen molar-refractivity contribution in [3.05, 3.63) is 24.2 Å². The maximum Gasteiger partial charge on any atom is 0.328 e. The molecular formula is C17H29N3O4. The van der Waals surface area contributed by atoms with Gasteiger partial charge in [-0.05, 0) is 46.2 Å². The van der Waals surface area contributed by atoms with Crippen molar-refractivity contribution in [2.75, 3.05) is 26.2 Å². The van der Waals surface area contributed by atoms with Gasteiger partial charge >= 0.3 is 5.97 Å². The number of aliphatic imine (C=N–C) groups is 1. The molecule has 0 bridgehead atoms. The lowest BCUT2D eigenvalue weighted by atomic mass is 10.2. The van der Waals surface area contributed by atoms with E-state index in [0.29, 0.717) is 25.7 Å². The normalized spacial score (nSPS) is 12.1. The van der Waals surface area contributed by atoms with Crippen LogP contribution in [-0.2, 0) is 20.9 Å². The number of hydrogen-bond acceptors (Lipinski definition) is 5. The molecule has 0 spiro atoms. The van der Waals surface area contributed by atoms with E-state index in [2.05, 4.69) is 15.6 Å². The summed E-state index contributed by atoms with van der Waals surface area (Å²) in [6, 6.07) is 3.72. The zero-order chi connectivity index (χ0) is 17.8. The van der Waals surface area contributed by atoms with Crippen LogP contribution in [-0.4, -0.2) is 43.8 Å². The minimum atomic E-state index is -0.496. The Balaban J connectivity index is 2.21. The number of nitrogens with zero attached hydrogens (tertiary/aromatic N) is 1. The van der Waals surface area contributed by atoms with Crippen LogP contribution in [0.5, 0.6) is 0 Å². The number of furan rings is 1. The van der Waals surface area contributed by atoms with Crippen LogP contribution >= 0.6 is 0 Å². The number of hydrogen-bond donors (Lipinski definition) is 2. The number of nitrogens with one attached hydrogen (secondary N) is 2. The third-order valence-electron chi connectivity index (χ3n) is 2.71. The average Bonchev–Trinajstić information content (AvgIpc) is 2.99. The average molecular weight is 339 g/mol. The highest BCUT2D eigenvalue weighted by Gasteiger charge is 2.15. The van der Waals surface area contributed by atoms with E-state index in [9.17, 15) is 4.79 Å². The first-order chi connectivity index (χ1) is 11.4. The largest absolute Gasteiger partial charge is 0.467 e. The van der Waals surface area contributed by atoms with E-state index in [1.807, 2.05) is 39.8 Å². The minimum absolute atomic E-state index is 0.0123. The first-order valence-corrected chi connectivity index (χ1v) is 8.25. The molecule has 0 unspecified atom stereocenters. The van der Waals surface area contributed by atoms with Gasteiger partial charge in [0, 0.05) is 19.7 Å². The predicted octanol–water partition coefficient (Wildman–Crippen LogP) is 2.08. The summed E-state index contributed by atoms with van der Waals surface area (Å²) in [7, 11) is 0. The molecule has 7 nitrogen and oxygen atoms in total. The quantitative estimate of drug-likeness (QED) is 0.310. The Morgan fingerprint density at radius 1 is 1.33 bits per heavy atom. The Hall–Kier alpha value is -2.02.